The lowest BCUT2D eigenvalue weighted by Gasteiger charge is -2.18. The number of aryl methyl sites for hydroxylation is 1. The van der Waals surface area contributed by atoms with Crippen molar-refractivity contribution in [3.8, 4) is 5.75 Å². The zero-order valence-electron chi connectivity index (χ0n) is 17.5. The Morgan fingerprint density at radius 1 is 1.23 bits per heavy atom. The largest absolute Gasteiger partial charge is 0.493 e. The number of benzene rings is 1. The Morgan fingerprint density at radius 3 is 2.97 bits per heavy atom. The molecule has 4 rings (SSSR count). The summed E-state index contributed by atoms with van der Waals surface area (Å²) in [6.45, 7) is 1.76. The van der Waals surface area contributed by atoms with E-state index in [4.69, 9.17) is 4.74 Å². The summed E-state index contributed by atoms with van der Waals surface area (Å²) in [5, 5.41) is 14.4. The average molecular weight is 444 g/mol. The number of pyridine rings is 1. The molecule has 2 aliphatic rings. The highest BCUT2D eigenvalue weighted by molar-refractivity contribution is 7.98. The second-order valence-electron chi connectivity index (χ2n) is 8.01. The van der Waals surface area contributed by atoms with Crippen molar-refractivity contribution < 1.29 is 29.7 Å². The van der Waals surface area contributed by atoms with Gasteiger partial charge in [-0.25, -0.2) is 0 Å². The molecule has 0 radical (unpaired) electrons. The minimum Gasteiger partial charge on any atom is -0.493 e. The number of aromatic nitrogens is 1. The van der Waals surface area contributed by atoms with Crippen LogP contribution in [0.2, 0.25) is 0 Å². The average Bonchev–Trinajstić information content (AvgIpc) is 3.24. The van der Waals surface area contributed by atoms with E-state index in [2.05, 4.69) is 27.8 Å². The van der Waals surface area contributed by atoms with Gasteiger partial charge in [0.1, 0.15) is 5.75 Å². The van der Waals surface area contributed by atoms with E-state index >= 15 is 0 Å². The lowest BCUT2D eigenvalue weighted by atomic mass is 10.0. The van der Waals surface area contributed by atoms with Gasteiger partial charge in [0.05, 0.1) is 36.9 Å². The molecule has 0 unspecified atom stereocenters. The molecule has 1 atom stereocenters. The maximum absolute atomic E-state index is 12.5. The molecule has 2 aromatic rings. The number of carbonyl (C=O) groups excluding carboxylic acids is 1. The second kappa shape index (κ2) is 10.2. The molecule has 0 saturated heterocycles. The summed E-state index contributed by atoms with van der Waals surface area (Å²) in [6, 6.07) is 9.47. The van der Waals surface area contributed by atoms with Crippen molar-refractivity contribution >= 4 is 29.5 Å². The predicted octanol–water partition coefficient (Wildman–Crippen LogP) is 1.53. The number of thioether (sulfide) groups is 1. The minimum atomic E-state index is -0.944. The van der Waals surface area contributed by atoms with Crippen LogP contribution in [0.5, 0.6) is 5.75 Å². The third-order valence-corrected chi connectivity index (χ3v) is 6.70. The normalized spacial score (nSPS) is 15.5. The number of carbonyl (C=O) groups is 2. The first-order chi connectivity index (χ1) is 15.1. The number of amides is 1. The van der Waals surface area contributed by atoms with E-state index in [0.717, 1.165) is 47.7 Å². The predicted molar refractivity (Wildman–Crippen MR) is 117 cm³/mol. The van der Waals surface area contributed by atoms with Crippen LogP contribution < -0.4 is 20.4 Å². The van der Waals surface area contributed by atoms with Crippen LogP contribution in [0.3, 0.4) is 0 Å². The Bertz CT molecular complexity index is 966. The maximum Gasteiger partial charge on any atom is 0.367 e. The van der Waals surface area contributed by atoms with E-state index in [1.165, 1.54) is 17.8 Å². The molecule has 3 heterocycles. The minimum absolute atomic E-state index is 0.136. The van der Waals surface area contributed by atoms with E-state index in [0.29, 0.717) is 18.8 Å². The molecule has 2 aliphatic heterocycles. The molecular formula is C23H29N3O4S+2. The van der Waals surface area contributed by atoms with Crippen LogP contribution in [-0.4, -0.2) is 35.9 Å². The fourth-order valence-corrected chi connectivity index (χ4v) is 4.91. The molecule has 0 aliphatic carbocycles. The Morgan fingerprint density at radius 2 is 2.10 bits per heavy atom. The Kier molecular flexibility index (Phi) is 7.09. The van der Waals surface area contributed by atoms with E-state index in [1.54, 1.807) is 11.8 Å². The van der Waals surface area contributed by atoms with Crippen molar-refractivity contribution in [3.05, 3.63) is 52.7 Å². The van der Waals surface area contributed by atoms with Crippen molar-refractivity contribution in [1.29, 1.82) is 0 Å². The smallest absolute Gasteiger partial charge is 0.367 e. The molecule has 164 valence electrons. The first kappa shape index (κ1) is 21.6. The van der Waals surface area contributed by atoms with Crippen molar-refractivity contribution in [2.75, 3.05) is 18.9 Å². The summed E-state index contributed by atoms with van der Waals surface area (Å²) in [5.74, 6) is 2.43. The highest BCUT2D eigenvalue weighted by Gasteiger charge is 2.22. The van der Waals surface area contributed by atoms with Crippen LogP contribution >= 0.6 is 11.8 Å². The van der Waals surface area contributed by atoms with Gasteiger partial charge in [0, 0.05) is 31.1 Å². The molecule has 8 heteroatoms. The topological polar surface area (TPSA) is 106 Å². The third-order valence-electron chi connectivity index (χ3n) is 5.69. The lowest BCUT2D eigenvalue weighted by molar-refractivity contribution is -0.653. The van der Waals surface area contributed by atoms with Gasteiger partial charge >= 0.3 is 11.8 Å². The molecule has 7 nitrogen and oxygen atoms in total. The van der Waals surface area contributed by atoms with E-state index < -0.39 is 12.0 Å². The number of rotatable bonds is 9. The van der Waals surface area contributed by atoms with Crippen molar-refractivity contribution in [3.63, 3.8) is 0 Å². The van der Waals surface area contributed by atoms with Gasteiger partial charge in [-0.1, -0.05) is 12.1 Å². The van der Waals surface area contributed by atoms with Gasteiger partial charge in [-0.05, 0) is 29.7 Å². The zero-order chi connectivity index (χ0) is 21.6. The summed E-state index contributed by atoms with van der Waals surface area (Å²) >= 11 is 1.70. The van der Waals surface area contributed by atoms with Gasteiger partial charge in [0.15, 0.2) is 5.69 Å². The number of nitrogens with two attached hydrogens (primary N) is 1. The molecule has 5 N–H and O–H groups in total. The summed E-state index contributed by atoms with van der Waals surface area (Å²) < 4.78 is 5.59. The second-order valence-corrected chi connectivity index (χ2v) is 9.11. The molecular weight excluding hydrogens is 414 g/mol. The molecule has 0 bridgehead atoms. The van der Waals surface area contributed by atoms with Gasteiger partial charge in [0.25, 0.3) is 0 Å². The number of ether oxygens (including phenoxy) is 1. The number of hydrogen-bond donors (Lipinski definition) is 3. The molecule has 0 spiro atoms. The van der Waals surface area contributed by atoms with Gasteiger partial charge in [-0.15, -0.1) is 0 Å². The highest BCUT2D eigenvalue weighted by atomic mass is 32.2. The van der Waals surface area contributed by atoms with Crippen LogP contribution in [0.15, 0.2) is 30.3 Å². The fraction of sp³-hybridized carbons (Fsp3) is 0.435. The maximum atomic E-state index is 12.5. The number of aromatic amines is 1. The first-order valence-electron chi connectivity index (χ1n) is 10.8. The number of fused-ring (bicyclic) bond motifs is 2. The number of nitrogens with one attached hydrogen (secondary N) is 2. The quantitative estimate of drug-likeness (QED) is 0.510. The zero-order valence-corrected chi connectivity index (χ0v) is 18.3. The van der Waals surface area contributed by atoms with Crippen LogP contribution in [0.1, 0.15) is 47.7 Å². The number of aliphatic carboxylic acids is 1. The first-order valence-corrected chi connectivity index (χ1v) is 12.0. The van der Waals surface area contributed by atoms with Gasteiger partial charge in [-0.2, -0.15) is 16.7 Å². The Hall–Kier alpha value is -2.58. The van der Waals surface area contributed by atoms with Crippen LogP contribution in [-0.2, 0) is 28.2 Å². The van der Waals surface area contributed by atoms with Crippen LogP contribution in [0.4, 0.5) is 5.82 Å². The SMILES string of the molecule is O=C(O)C[C@H](NC(=O)CCSCc1ccc2c([nH+]1)[NH2+]CCC2)c1ccc2c(c1)OCC2. The third kappa shape index (κ3) is 5.77. The lowest BCUT2D eigenvalue weighted by Crippen LogP contribution is -2.82. The van der Waals surface area contributed by atoms with E-state index in [1.807, 2.05) is 18.2 Å². The van der Waals surface area contributed by atoms with Crippen molar-refractivity contribution in [2.24, 2.45) is 0 Å². The number of carboxylic acid groups (broad SMARTS) is 1. The molecule has 31 heavy (non-hydrogen) atoms. The number of hydrogen-bond acceptors (Lipinski definition) is 4. The van der Waals surface area contributed by atoms with Gasteiger partial charge in [0.2, 0.25) is 5.91 Å². The van der Waals surface area contributed by atoms with Crippen molar-refractivity contribution in [2.45, 2.75) is 43.9 Å². The highest BCUT2D eigenvalue weighted by Crippen LogP contribution is 2.29. The Labute approximate surface area is 186 Å². The van der Waals surface area contributed by atoms with Crippen LogP contribution in [0, 0.1) is 0 Å². The summed E-state index contributed by atoms with van der Waals surface area (Å²) in [5.41, 5.74) is 4.42. The molecule has 0 saturated carbocycles. The summed E-state index contributed by atoms with van der Waals surface area (Å²) in [4.78, 5) is 27.3. The Balaban J connectivity index is 1.27. The monoisotopic (exact) mass is 443 g/mol. The summed E-state index contributed by atoms with van der Waals surface area (Å²) in [7, 11) is 0. The molecule has 1 aromatic heterocycles. The van der Waals surface area contributed by atoms with E-state index in [9.17, 15) is 14.7 Å². The number of carboxylic acids is 1. The van der Waals surface area contributed by atoms with Crippen molar-refractivity contribution in [1.82, 2.24) is 5.32 Å². The standard InChI is InChI=1S/C23H27N3O4S/c27-21(8-11-31-14-18-6-5-16-2-1-9-24-23(16)25-18)26-19(13-22(28)29)17-4-3-15-7-10-30-20(15)12-17/h3-6,12,19H,1-2,7-11,13-14H2,(H,24,25)(H,26,27)(H,28,29)/p+2/t19-/m0/s1. The molecule has 1 amide bonds. The van der Waals surface area contributed by atoms with Crippen LogP contribution in [0.25, 0.3) is 0 Å². The summed E-state index contributed by atoms with van der Waals surface area (Å²) in [6.07, 6.45) is 3.40. The van der Waals surface area contributed by atoms with E-state index in [-0.39, 0.29) is 12.3 Å². The fourth-order valence-electron chi connectivity index (χ4n) is 4.05. The molecule has 1 aromatic carbocycles. The molecule has 0 fully saturated rings. The van der Waals surface area contributed by atoms with Gasteiger partial charge < -0.3 is 15.2 Å². The number of quaternary nitrogens is 1. The van der Waals surface area contributed by atoms with Gasteiger partial charge in [-0.3, -0.25) is 14.9 Å². The number of H-pyrrole nitrogens is 1.